The van der Waals surface area contributed by atoms with Crippen molar-refractivity contribution >= 4 is 0 Å². The summed E-state index contributed by atoms with van der Waals surface area (Å²) in [7, 11) is 0. The SMILES string of the molecule is C=C(CF)CF. The molecule has 0 fully saturated rings. The zero-order chi connectivity index (χ0) is 4.99. The van der Waals surface area contributed by atoms with E-state index in [2.05, 4.69) is 6.58 Å². The number of rotatable bonds is 2. The molecule has 0 N–H and O–H groups in total. The van der Waals surface area contributed by atoms with E-state index in [1.54, 1.807) is 0 Å². The van der Waals surface area contributed by atoms with E-state index < -0.39 is 13.3 Å². The average Bonchev–Trinajstić information content (AvgIpc) is 1.65. The molecule has 0 rings (SSSR count). The molecule has 0 spiro atoms. The Labute approximate surface area is 35.5 Å². The van der Waals surface area contributed by atoms with Gasteiger partial charge in [0, 0.05) is 0 Å². The van der Waals surface area contributed by atoms with Gasteiger partial charge in [0.15, 0.2) is 0 Å². The standard InChI is InChI=1S/C4H6F2/c1-4(2-5)3-6/h1-3H2. The van der Waals surface area contributed by atoms with Crippen molar-refractivity contribution in [3.8, 4) is 0 Å². The third kappa shape index (κ3) is 1.88. The van der Waals surface area contributed by atoms with E-state index in [1.165, 1.54) is 0 Å². The lowest BCUT2D eigenvalue weighted by Gasteiger charge is -1.83. The molecule has 0 aromatic carbocycles. The summed E-state index contributed by atoms with van der Waals surface area (Å²) in [4.78, 5) is 0. The van der Waals surface area contributed by atoms with Gasteiger partial charge >= 0.3 is 0 Å². The van der Waals surface area contributed by atoms with Crippen molar-refractivity contribution in [1.29, 1.82) is 0 Å². The number of halogens is 2. The molecular weight excluding hydrogens is 86.0 g/mol. The molecule has 0 bridgehead atoms. The highest BCUT2D eigenvalue weighted by Crippen LogP contribution is 1.88. The van der Waals surface area contributed by atoms with Gasteiger partial charge in [-0.15, -0.1) is 0 Å². The molecule has 0 atom stereocenters. The summed E-state index contributed by atoms with van der Waals surface area (Å²) in [6, 6.07) is 0. The van der Waals surface area contributed by atoms with Crippen molar-refractivity contribution in [1.82, 2.24) is 0 Å². The van der Waals surface area contributed by atoms with Crippen LogP contribution in [0.3, 0.4) is 0 Å². The first-order valence-corrected chi connectivity index (χ1v) is 1.60. The molecule has 0 nitrogen and oxygen atoms in total. The molecular formula is C4H6F2. The lowest BCUT2D eigenvalue weighted by Crippen LogP contribution is -1.81. The van der Waals surface area contributed by atoms with E-state index in [4.69, 9.17) is 0 Å². The van der Waals surface area contributed by atoms with Gasteiger partial charge < -0.3 is 0 Å². The molecule has 0 aliphatic rings. The summed E-state index contributed by atoms with van der Waals surface area (Å²) >= 11 is 0. The van der Waals surface area contributed by atoms with Gasteiger partial charge in [-0.1, -0.05) is 6.58 Å². The van der Waals surface area contributed by atoms with Crippen molar-refractivity contribution < 1.29 is 8.78 Å². The molecule has 0 heterocycles. The second-order valence-electron chi connectivity index (χ2n) is 1.02. The summed E-state index contributed by atoms with van der Waals surface area (Å²) in [6.45, 7) is 1.56. The van der Waals surface area contributed by atoms with E-state index in [0.29, 0.717) is 0 Å². The van der Waals surface area contributed by atoms with Crippen LogP contribution in [0.5, 0.6) is 0 Å². The Bertz CT molecular complexity index is 43.5. The average molecular weight is 92.1 g/mol. The number of hydrogen-bond donors (Lipinski definition) is 0. The van der Waals surface area contributed by atoms with Crippen LogP contribution in [-0.4, -0.2) is 13.3 Å². The summed E-state index contributed by atoms with van der Waals surface area (Å²) in [5.74, 6) is 0. The van der Waals surface area contributed by atoms with Crippen LogP contribution in [0.2, 0.25) is 0 Å². The van der Waals surface area contributed by atoms with Crippen molar-refractivity contribution in [2.45, 2.75) is 0 Å². The zero-order valence-corrected chi connectivity index (χ0v) is 3.38. The fraction of sp³-hybridized carbons (Fsp3) is 0.500. The van der Waals surface area contributed by atoms with Crippen LogP contribution >= 0.6 is 0 Å². The normalized spacial score (nSPS) is 8.33. The Morgan fingerprint density at radius 1 is 1.33 bits per heavy atom. The first-order chi connectivity index (χ1) is 2.81. The van der Waals surface area contributed by atoms with Crippen molar-refractivity contribution in [3.05, 3.63) is 12.2 Å². The molecule has 0 radical (unpaired) electrons. The second-order valence-corrected chi connectivity index (χ2v) is 1.02. The summed E-state index contributed by atoms with van der Waals surface area (Å²) in [6.07, 6.45) is 0. The molecule has 0 aromatic rings. The highest BCUT2D eigenvalue weighted by Gasteiger charge is 1.84. The maximum atomic E-state index is 11.0. The van der Waals surface area contributed by atoms with E-state index in [9.17, 15) is 8.78 Å². The lowest BCUT2D eigenvalue weighted by molar-refractivity contribution is 0.476. The first-order valence-electron chi connectivity index (χ1n) is 1.60. The minimum atomic E-state index is -0.740. The molecule has 0 aliphatic carbocycles. The van der Waals surface area contributed by atoms with Gasteiger partial charge in [-0.2, -0.15) is 0 Å². The fourth-order valence-electron chi connectivity index (χ4n) is 0.0357. The summed E-state index contributed by atoms with van der Waals surface area (Å²) in [5.41, 5.74) is 0.00926. The van der Waals surface area contributed by atoms with Crippen molar-refractivity contribution in [3.63, 3.8) is 0 Å². The van der Waals surface area contributed by atoms with Crippen molar-refractivity contribution in [2.75, 3.05) is 13.3 Å². The maximum Gasteiger partial charge on any atom is 0.113 e. The summed E-state index contributed by atoms with van der Waals surface area (Å²) in [5, 5.41) is 0. The topological polar surface area (TPSA) is 0 Å². The highest BCUT2D eigenvalue weighted by atomic mass is 19.1. The third-order valence-electron chi connectivity index (χ3n) is 0.378. The second kappa shape index (κ2) is 2.82. The van der Waals surface area contributed by atoms with Gasteiger partial charge in [0.2, 0.25) is 0 Å². The quantitative estimate of drug-likeness (QED) is 0.452. The fourth-order valence-corrected chi connectivity index (χ4v) is 0.0357. The van der Waals surface area contributed by atoms with Crippen LogP contribution in [0.1, 0.15) is 0 Å². The van der Waals surface area contributed by atoms with Gasteiger partial charge in [-0.05, 0) is 5.57 Å². The van der Waals surface area contributed by atoms with Crippen LogP contribution in [0, 0.1) is 0 Å². The number of allylic oxidation sites excluding steroid dienone is 1. The summed E-state index contributed by atoms with van der Waals surface area (Å²) < 4.78 is 22.1. The third-order valence-corrected chi connectivity index (χ3v) is 0.378. The highest BCUT2D eigenvalue weighted by molar-refractivity contribution is 4.92. The van der Waals surface area contributed by atoms with E-state index >= 15 is 0 Å². The molecule has 0 saturated carbocycles. The molecule has 0 amide bonds. The largest absolute Gasteiger partial charge is 0.246 e. The minimum absolute atomic E-state index is 0.00926. The molecule has 0 aromatic heterocycles. The molecule has 0 unspecified atom stereocenters. The predicted octanol–water partition coefficient (Wildman–Crippen LogP) is 1.48. The van der Waals surface area contributed by atoms with E-state index in [1.807, 2.05) is 0 Å². The van der Waals surface area contributed by atoms with Gasteiger partial charge in [0.1, 0.15) is 13.3 Å². The number of hydrogen-bond acceptors (Lipinski definition) is 0. The Balaban J connectivity index is 2.99. The first kappa shape index (κ1) is 5.60. The van der Waals surface area contributed by atoms with Crippen LogP contribution in [0.15, 0.2) is 12.2 Å². The minimum Gasteiger partial charge on any atom is -0.246 e. The Kier molecular flexibility index (Phi) is 2.63. The van der Waals surface area contributed by atoms with Crippen LogP contribution < -0.4 is 0 Å². The maximum absolute atomic E-state index is 11.0. The van der Waals surface area contributed by atoms with Gasteiger partial charge in [0.25, 0.3) is 0 Å². The van der Waals surface area contributed by atoms with Crippen LogP contribution in [0.25, 0.3) is 0 Å². The van der Waals surface area contributed by atoms with Crippen LogP contribution in [0.4, 0.5) is 8.78 Å². The number of alkyl halides is 2. The van der Waals surface area contributed by atoms with Gasteiger partial charge in [0.05, 0.1) is 0 Å². The molecule has 0 saturated heterocycles. The predicted molar refractivity (Wildman–Crippen MR) is 21.1 cm³/mol. The molecule has 2 heteroatoms. The monoisotopic (exact) mass is 92.0 g/mol. The lowest BCUT2D eigenvalue weighted by atomic mass is 10.4. The van der Waals surface area contributed by atoms with E-state index in [-0.39, 0.29) is 5.57 Å². The molecule has 36 valence electrons. The van der Waals surface area contributed by atoms with Gasteiger partial charge in [-0.25, -0.2) is 8.78 Å². The molecule has 0 aliphatic heterocycles. The Morgan fingerprint density at radius 2 is 1.67 bits per heavy atom. The molecule has 6 heavy (non-hydrogen) atoms. The van der Waals surface area contributed by atoms with Crippen molar-refractivity contribution in [2.24, 2.45) is 0 Å². The van der Waals surface area contributed by atoms with Crippen LogP contribution in [-0.2, 0) is 0 Å². The Morgan fingerprint density at radius 3 is 1.67 bits per heavy atom. The van der Waals surface area contributed by atoms with E-state index in [0.717, 1.165) is 0 Å². The zero-order valence-electron chi connectivity index (χ0n) is 3.38. The van der Waals surface area contributed by atoms with Gasteiger partial charge in [-0.3, -0.25) is 0 Å². The smallest absolute Gasteiger partial charge is 0.113 e. The Hall–Kier alpha value is -0.400.